The van der Waals surface area contributed by atoms with E-state index < -0.39 is 41.2 Å². The smallest absolute Gasteiger partial charge is 0.364 e. The molecule has 0 bridgehead atoms. The van der Waals surface area contributed by atoms with Gasteiger partial charge in [0.05, 0.1) is 17.5 Å². The maximum absolute atomic E-state index is 14.9. The molecule has 8 nitrogen and oxygen atoms in total. The van der Waals surface area contributed by atoms with Gasteiger partial charge in [-0.15, -0.1) is 0 Å². The number of benzene rings is 2. The third-order valence-electron chi connectivity index (χ3n) is 7.26. The maximum Gasteiger partial charge on any atom is 0.434 e. The number of halogens is 7. The van der Waals surface area contributed by atoms with Gasteiger partial charge in [0.1, 0.15) is 17.9 Å². The molecule has 4 heterocycles. The highest BCUT2D eigenvalue weighted by Gasteiger charge is 2.35. The number of hydrogen-bond donors (Lipinski definition) is 1. The molecule has 1 atom stereocenters. The van der Waals surface area contributed by atoms with Gasteiger partial charge >= 0.3 is 12.4 Å². The van der Waals surface area contributed by atoms with Crippen LogP contribution in [0.3, 0.4) is 0 Å². The zero-order valence-electron chi connectivity index (χ0n) is 23.0. The standard InChI is InChI=1S/C29H24F7N7O/c1-42-14-21(29(34,35)36)39-26(42)17-7-5-16(6-8-17)13-37-25-23-27(43(15-38-23)22-4-2-3-11-44-22)41-24(40-25)19-12-18(28(31,32)33)9-10-20(19)30/h5-10,12,14-15,22H,2-4,11,13H2,1H3,(H,37,40,41). The van der Waals surface area contributed by atoms with Crippen molar-refractivity contribution in [3.8, 4) is 22.8 Å². The monoisotopic (exact) mass is 619 g/mol. The van der Waals surface area contributed by atoms with Crippen LogP contribution >= 0.6 is 0 Å². The summed E-state index contributed by atoms with van der Waals surface area (Å²) >= 11 is 0. The number of rotatable bonds is 6. The molecule has 0 spiro atoms. The van der Waals surface area contributed by atoms with Gasteiger partial charge in [-0.05, 0) is 43.0 Å². The highest BCUT2D eigenvalue weighted by molar-refractivity contribution is 5.85. The number of imidazole rings is 2. The second-order valence-electron chi connectivity index (χ2n) is 10.3. The first-order valence-corrected chi connectivity index (χ1v) is 13.6. The molecule has 15 heteroatoms. The van der Waals surface area contributed by atoms with E-state index in [9.17, 15) is 30.7 Å². The number of hydrogen-bond acceptors (Lipinski definition) is 6. The van der Waals surface area contributed by atoms with Crippen LogP contribution in [0.25, 0.3) is 33.9 Å². The van der Waals surface area contributed by atoms with E-state index in [1.54, 1.807) is 28.8 Å². The quantitative estimate of drug-likeness (QED) is 0.200. The van der Waals surface area contributed by atoms with Crippen molar-refractivity contribution in [3.05, 3.63) is 77.6 Å². The molecule has 6 rings (SSSR count). The lowest BCUT2D eigenvalue weighted by atomic mass is 10.1. The summed E-state index contributed by atoms with van der Waals surface area (Å²) in [6, 6.07) is 8.64. The second kappa shape index (κ2) is 11.2. The van der Waals surface area contributed by atoms with E-state index in [1.165, 1.54) is 17.9 Å². The van der Waals surface area contributed by atoms with Crippen molar-refractivity contribution < 1.29 is 35.5 Å². The van der Waals surface area contributed by atoms with Gasteiger partial charge in [0.25, 0.3) is 0 Å². The summed E-state index contributed by atoms with van der Waals surface area (Å²) in [4.78, 5) is 16.9. The van der Waals surface area contributed by atoms with E-state index in [1.807, 2.05) is 0 Å². The van der Waals surface area contributed by atoms with Crippen molar-refractivity contribution in [1.29, 1.82) is 0 Å². The van der Waals surface area contributed by atoms with Gasteiger partial charge in [-0.3, -0.25) is 4.57 Å². The molecule has 230 valence electrons. The number of aromatic nitrogens is 6. The lowest BCUT2D eigenvalue weighted by molar-refractivity contribution is -0.141. The van der Waals surface area contributed by atoms with E-state index in [-0.39, 0.29) is 29.7 Å². The number of ether oxygens (including phenoxy) is 1. The summed E-state index contributed by atoms with van der Waals surface area (Å²) in [7, 11) is 1.47. The molecule has 44 heavy (non-hydrogen) atoms. The fourth-order valence-corrected chi connectivity index (χ4v) is 5.02. The highest BCUT2D eigenvalue weighted by Crippen LogP contribution is 2.35. The van der Waals surface area contributed by atoms with Crippen LogP contribution in [-0.4, -0.2) is 35.7 Å². The predicted molar refractivity (Wildman–Crippen MR) is 146 cm³/mol. The average Bonchev–Trinajstić information content (AvgIpc) is 3.60. The first-order chi connectivity index (χ1) is 20.9. The first kappa shape index (κ1) is 29.5. The van der Waals surface area contributed by atoms with Gasteiger partial charge in [0.15, 0.2) is 28.5 Å². The van der Waals surface area contributed by atoms with E-state index in [4.69, 9.17) is 4.74 Å². The molecule has 5 aromatic rings. The zero-order valence-corrected chi connectivity index (χ0v) is 23.0. The van der Waals surface area contributed by atoms with Crippen LogP contribution in [0.4, 0.5) is 36.6 Å². The van der Waals surface area contributed by atoms with Crippen LogP contribution in [0.5, 0.6) is 0 Å². The van der Waals surface area contributed by atoms with Crippen LogP contribution < -0.4 is 5.32 Å². The lowest BCUT2D eigenvalue weighted by Crippen LogP contribution is -2.18. The Balaban J connectivity index is 1.34. The summed E-state index contributed by atoms with van der Waals surface area (Å²) in [6.07, 6.45) is -4.84. The number of nitrogens with one attached hydrogen (secondary N) is 1. The van der Waals surface area contributed by atoms with E-state index in [0.29, 0.717) is 41.8 Å². The molecule has 0 aliphatic carbocycles. The number of alkyl halides is 6. The molecule has 0 amide bonds. The summed E-state index contributed by atoms with van der Waals surface area (Å²) < 4.78 is 103. The predicted octanol–water partition coefficient (Wildman–Crippen LogP) is 7.38. The summed E-state index contributed by atoms with van der Waals surface area (Å²) in [5.74, 6) is -0.912. The van der Waals surface area contributed by atoms with Crippen LogP contribution in [0.2, 0.25) is 0 Å². The van der Waals surface area contributed by atoms with Crippen molar-refractivity contribution in [2.45, 2.75) is 44.4 Å². The number of fused-ring (bicyclic) bond motifs is 1. The van der Waals surface area contributed by atoms with Gasteiger partial charge in [0, 0.05) is 32.0 Å². The Labute approximate surface area is 245 Å². The third kappa shape index (κ3) is 5.83. The normalized spacial score (nSPS) is 16.0. The molecular weight excluding hydrogens is 595 g/mol. The van der Waals surface area contributed by atoms with E-state index in [2.05, 4.69) is 25.3 Å². The molecule has 1 saturated heterocycles. The summed E-state index contributed by atoms with van der Waals surface area (Å²) in [5, 5.41) is 3.11. The molecule has 1 fully saturated rings. The van der Waals surface area contributed by atoms with Gasteiger partial charge in [-0.2, -0.15) is 26.3 Å². The minimum absolute atomic E-state index is 0.137. The first-order valence-electron chi connectivity index (χ1n) is 13.6. The molecule has 0 saturated carbocycles. The van der Waals surface area contributed by atoms with Gasteiger partial charge < -0.3 is 14.6 Å². The van der Waals surface area contributed by atoms with E-state index in [0.717, 1.165) is 25.1 Å². The van der Waals surface area contributed by atoms with E-state index >= 15 is 0 Å². The Hall–Kier alpha value is -4.53. The van der Waals surface area contributed by atoms with Crippen molar-refractivity contribution in [3.63, 3.8) is 0 Å². The van der Waals surface area contributed by atoms with Crippen LogP contribution in [-0.2, 0) is 30.7 Å². The molecule has 3 aromatic heterocycles. The fourth-order valence-electron chi connectivity index (χ4n) is 5.02. The Kier molecular flexibility index (Phi) is 7.51. The molecular formula is C29H24F7N7O. The van der Waals surface area contributed by atoms with Crippen molar-refractivity contribution in [2.24, 2.45) is 7.05 Å². The van der Waals surface area contributed by atoms with Crippen LogP contribution in [0, 0.1) is 5.82 Å². The number of anilines is 1. The molecule has 1 unspecified atom stereocenters. The second-order valence-corrected chi connectivity index (χ2v) is 10.3. The fraction of sp³-hybridized carbons (Fsp3) is 0.310. The van der Waals surface area contributed by atoms with Gasteiger partial charge in [0.2, 0.25) is 0 Å². The summed E-state index contributed by atoms with van der Waals surface area (Å²) in [6.45, 7) is 0.666. The minimum Gasteiger partial charge on any atom is -0.364 e. The van der Waals surface area contributed by atoms with Crippen molar-refractivity contribution in [2.75, 3.05) is 11.9 Å². The largest absolute Gasteiger partial charge is 0.434 e. The molecule has 1 N–H and O–H groups in total. The SMILES string of the molecule is Cn1cc(C(F)(F)F)nc1-c1ccc(CNc2nc(-c3cc(C(F)(F)F)ccc3F)nc3c2ncn3C2CCCCO2)cc1. The topological polar surface area (TPSA) is 82.7 Å². The highest BCUT2D eigenvalue weighted by atomic mass is 19.4. The molecule has 2 aromatic carbocycles. The Bertz CT molecular complexity index is 1800. The Morgan fingerprint density at radius 3 is 2.39 bits per heavy atom. The van der Waals surface area contributed by atoms with Crippen molar-refractivity contribution >= 4 is 17.0 Å². The maximum atomic E-state index is 14.9. The van der Waals surface area contributed by atoms with Crippen LogP contribution in [0.15, 0.2) is 55.0 Å². The molecule has 1 aliphatic rings. The van der Waals surface area contributed by atoms with Crippen LogP contribution in [0.1, 0.15) is 42.3 Å². The lowest BCUT2D eigenvalue weighted by Gasteiger charge is -2.24. The Morgan fingerprint density at radius 1 is 0.955 bits per heavy atom. The molecule has 1 aliphatic heterocycles. The number of nitrogens with zero attached hydrogens (tertiary/aromatic N) is 6. The van der Waals surface area contributed by atoms with Crippen molar-refractivity contribution in [1.82, 2.24) is 29.1 Å². The summed E-state index contributed by atoms with van der Waals surface area (Å²) in [5.41, 5.74) is -0.755. The van der Waals surface area contributed by atoms with Gasteiger partial charge in [-0.25, -0.2) is 24.3 Å². The van der Waals surface area contributed by atoms with Gasteiger partial charge in [-0.1, -0.05) is 24.3 Å². The Morgan fingerprint density at radius 2 is 1.73 bits per heavy atom. The minimum atomic E-state index is -4.71. The third-order valence-corrected chi connectivity index (χ3v) is 7.26. The molecule has 0 radical (unpaired) electrons. The zero-order chi connectivity index (χ0) is 31.2. The average molecular weight is 620 g/mol. The number of aryl methyl sites for hydroxylation is 1.